The molecule has 0 aliphatic carbocycles. The largest absolute Gasteiger partial charge is 0.444 e. The second kappa shape index (κ2) is 8.42. The first-order valence-corrected chi connectivity index (χ1v) is 8.62. The number of carbonyl (C=O) groups excluding carboxylic acids is 1. The van der Waals surface area contributed by atoms with Gasteiger partial charge in [-0.3, -0.25) is 0 Å². The summed E-state index contributed by atoms with van der Waals surface area (Å²) < 4.78 is 34.0. The van der Waals surface area contributed by atoms with Crippen LogP contribution in [-0.2, 0) is 11.3 Å². The number of aromatic nitrogens is 4. The maximum atomic E-state index is 13.2. The van der Waals surface area contributed by atoms with Crippen LogP contribution in [0, 0.1) is 0 Å². The van der Waals surface area contributed by atoms with E-state index in [-0.39, 0.29) is 0 Å². The summed E-state index contributed by atoms with van der Waals surface area (Å²) >= 11 is 3.19. The zero-order valence-corrected chi connectivity index (χ0v) is 16.5. The molecule has 2 aromatic rings. The summed E-state index contributed by atoms with van der Waals surface area (Å²) in [6, 6.07) is 3.17. The second-order valence-electron chi connectivity index (χ2n) is 6.50. The predicted octanol–water partition coefficient (Wildman–Crippen LogP) is 2.87. The summed E-state index contributed by atoms with van der Waals surface area (Å²) in [5.74, 6) is 0. The zero-order chi connectivity index (χ0) is 20.2. The number of carbonyl (C=O) groups is 1. The van der Waals surface area contributed by atoms with E-state index in [1.807, 2.05) is 0 Å². The molecule has 0 radical (unpaired) electrons. The molecule has 11 heteroatoms. The van der Waals surface area contributed by atoms with Crippen LogP contribution in [0.25, 0.3) is 5.69 Å². The van der Waals surface area contributed by atoms with Crippen molar-refractivity contribution in [2.45, 2.75) is 32.9 Å². The van der Waals surface area contributed by atoms with Crippen molar-refractivity contribution < 1.29 is 18.3 Å². The second-order valence-corrected chi connectivity index (χ2v) is 7.31. The smallest absolute Gasteiger partial charge is 0.407 e. The Labute approximate surface area is 162 Å². The van der Waals surface area contributed by atoms with Gasteiger partial charge >= 0.3 is 11.8 Å². The Morgan fingerprint density at radius 2 is 2.07 bits per heavy atom. The fraction of sp³-hybridized carbons (Fsp3) is 0.375. The molecule has 0 aliphatic rings. The standard InChI is InChI=1S/C16H18BrF2N5O3/c1-16(2,3)27-14(25)21-7-10(13(18)19)8-24-15(26)23(9-22-24)11-4-5-20-12(17)6-11/h4-6,9H,7-8H2,1-3H3,(H,21,25). The average Bonchev–Trinajstić information content (AvgIpc) is 2.90. The van der Waals surface area contributed by atoms with Gasteiger partial charge in [-0.25, -0.2) is 23.8 Å². The lowest BCUT2D eigenvalue weighted by molar-refractivity contribution is 0.0531. The van der Waals surface area contributed by atoms with Crippen LogP contribution in [-0.4, -0.2) is 37.6 Å². The van der Waals surface area contributed by atoms with Crippen LogP contribution in [0.15, 0.2) is 45.7 Å². The van der Waals surface area contributed by atoms with Gasteiger partial charge in [-0.2, -0.15) is 13.9 Å². The molecule has 0 bridgehead atoms. The van der Waals surface area contributed by atoms with Crippen LogP contribution < -0.4 is 11.0 Å². The summed E-state index contributed by atoms with van der Waals surface area (Å²) in [6.07, 6.45) is -0.125. The molecular weight excluding hydrogens is 428 g/mol. The van der Waals surface area contributed by atoms with Crippen molar-refractivity contribution in [1.82, 2.24) is 24.6 Å². The number of nitrogens with one attached hydrogen (secondary N) is 1. The van der Waals surface area contributed by atoms with Crippen molar-refractivity contribution >= 4 is 22.0 Å². The summed E-state index contributed by atoms with van der Waals surface area (Å²) in [7, 11) is 0. The Morgan fingerprint density at radius 1 is 1.37 bits per heavy atom. The number of hydrogen-bond acceptors (Lipinski definition) is 5. The van der Waals surface area contributed by atoms with Gasteiger partial charge in [0.15, 0.2) is 0 Å². The van der Waals surface area contributed by atoms with E-state index >= 15 is 0 Å². The van der Waals surface area contributed by atoms with Gasteiger partial charge in [0.25, 0.3) is 6.08 Å². The van der Waals surface area contributed by atoms with Crippen molar-refractivity contribution in [3.8, 4) is 5.69 Å². The molecule has 0 spiro atoms. The molecule has 2 heterocycles. The fourth-order valence-electron chi connectivity index (χ4n) is 2.02. The fourth-order valence-corrected chi connectivity index (χ4v) is 2.37. The minimum Gasteiger partial charge on any atom is -0.444 e. The minimum atomic E-state index is -2.00. The first-order chi connectivity index (χ1) is 12.6. The van der Waals surface area contributed by atoms with Crippen molar-refractivity contribution in [2.24, 2.45) is 0 Å². The quantitative estimate of drug-likeness (QED) is 0.714. The molecule has 0 unspecified atom stereocenters. The molecule has 2 rings (SSSR count). The molecular formula is C16H18BrF2N5O3. The Bertz CT molecular complexity index is 913. The Balaban J connectivity index is 2.13. The molecule has 1 amide bonds. The third-order valence-corrected chi connectivity index (χ3v) is 3.61. The maximum Gasteiger partial charge on any atom is 0.407 e. The lowest BCUT2D eigenvalue weighted by atomic mass is 10.2. The summed E-state index contributed by atoms with van der Waals surface area (Å²) in [6.45, 7) is 4.02. The van der Waals surface area contributed by atoms with Gasteiger partial charge in [0, 0.05) is 18.3 Å². The number of rotatable bonds is 5. The van der Waals surface area contributed by atoms with E-state index < -0.39 is 42.1 Å². The third kappa shape index (κ3) is 5.98. The number of ether oxygens (including phenoxy) is 1. The van der Waals surface area contributed by atoms with E-state index in [0.29, 0.717) is 10.3 Å². The molecule has 0 saturated carbocycles. The molecule has 8 nitrogen and oxygen atoms in total. The van der Waals surface area contributed by atoms with E-state index in [9.17, 15) is 18.4 Å². The number of amides is 1. The first-order valence-electron chi connectivity index (χ1n) is 7.83. The molecule has 0 atom stereocenters. The summed E-state index contributed by atoms with van der Waals surface area (Å²) in [5, 5.41) is 6.09. The number of alkyl carbamates (subject to hydrolysis) is 1. The van der Waals surface area contributed by atoms with Gasteiger partial charge in [0.2, 0.25) is 0 Å². The van der Waals surface area contributed by atoms with E-state index in [2.05, 4.69) is 31.3 Å². The molecule has 0 fully saturated rings. The van der Waals surface area contributed by atoms with Crippen LogP contribution in [0.3, 0.4) is 0 Å². The van der Waals surface area contributed by atoms with Gasteiger partial charge in [-0.05, 0) is 48.8 Å². The highest BCUT2D eigenvalue weighted by molar-refractivity contribution is 9.10. The Hall–Kier alpha value is -2.56. The van der Waals surface area contributed by atoms with Crippen molar-refractivity contribution in [1.29, 1.82) is 0 Å². The summed E-state index contributed by atoms with van der Waals surface area (Å²) in [5.41, 5.74) is -1.34. The van der Waals surface area contributed by atoms with Gasteiger partial charge in [-0.1, -0.05) is 0 Å². The van der Waals surface area contributed by atoms with Gasteiger partial charge in [0.05, 0.1) is 12.2 Å². The van der Waals surface area contributed by atoms with E-state index in [1.54, 1.807) is 32.9 Å². The topological polar surface area (TPSA) is 91.0 Å². The molecule has 27 heavy (non-hydrogen) atoms. The number of hydrogen-bond donors (Lipinski definition) is 1. The minimum absolute atomic E-state index is 0.455. The third-order valence-electron chi connectivity index (χ3n) is 3.17. The highest BCUT2D eigenvalue weighted by Crippen LogP contribution is 2.12. The number of pyridine rings is 1. The van der Waals surface area contributed by atoms with Crippen LogP contribution in [0.5, 0.6) is 0 Å². The van der Waals surface area contributed by atoms with Crippen LogP contribution in [0.2, 0.25) is 0 Å². The number of nitrogens with zero attached hydrogens (tertiary/aromatic N) is 4. The molecule has 2 aromatic heterocycles. The Kier molecular flexibility index (Phi) is 6.47. The molecule has 0 saturated heterocycles. The average molecular weight is 446 g/mol. The van der Waals surface area contributed by atoms with E-state index in [0.717, 1.165) is 4.68 Å². The lowest BCUT2D eigenvalue weighted by Gasteiger charge is -2.19. The van der Waals surface area contributed by atoms with E-state index in [4.69, 9.17) is 4.74 Å². The molecule has 0 aromatic carbocycles. The molecule has 0 aliphatic heterocycles. The van der Waals surface area contributed by atoms with Crippen molar-refractivity contribution in [3.63, 3.8) is 0 Å². The molecule has 1 N–H and O–H groups in total. The van der Waals surface area contributed by atoms with Gasteiger partial charge in [0.1, 0.15) is 16.5 Å². The van der Waals surface area contributed by atoms with Gasteiger partial charge in [-0.15, -0.1) is 0 Å². The first kappa shape index (κ1) is 20.7. The van der Waals surface area contributed by atoms with Gasteiger partial charge < -0.3 is 10.1 Å². The molecule has 146 valence electrons. The van der Waals surface area contributed by atoms with Crippen LogP contribution >= 0.6 is 15.9 Å². The predicted molar refractivity (Wildman–Crippen MR) is 96.8 cm³/mol. The SMILES string of the molecule is CC(C)(C)OC(=O)NCC(Cn1ncn(-c2ccnc(Br)c2)c1=O)=C(F)F. The highest BCUT2D eigenvalue weighted by Gasteiger charge is 2.18. The van der Waals surface area contributed by atoms with Crippen LogP contribution in [0.1, 0.15) is 20.8 Å². The lowest BCUT2D eigenvalue weighted by Crippen LogP contribution is -2.35. The van der Waals surface area contributed by atoms with Crippen LogP contribution in [0.4, 0.5) is 13.6 Å². The summed E-state index contributed by atoms with van der Waals surface area (Å²) in [4.78, 5) is 28.0. The van der Waals surface area contributed by atoms with E-state index in [1.165, 1.54) is 17.1 Å². The van der Waals surface area contributed by atoms with Crippen molar-refractivity contribution in [2.75, 3.05) is 6.54 Å². The highest BCUT2D eigenvalue weighted by atomic mass is 79.9. The zero-order valence-electron chi connectivity index (χ0n) is 14.9. The number of halogens is 3. The maximum absolute atomic E-state index is 13.2. The monoisotopic (exact) mass is 445 g/mol. The van der Waals surface area contributed by atoms with Crippen molar-refractivity contribution in [3.05, 3.63) is 51.4 Å². The normalized spacial score (nSPS) is 11.2. The Morgan fingerprint density at radius 3 is 2.67 bits per heavy atom.